The van der Waals surface area contributed by atoms with Gasteiger partial charge in [-0.1, -0.05) is 24.5 Å². The number of piperidine rings is 1. The molecule has 0 unspecified atom stereocenters. The maximum Gasteiger partial charge on any atom is 0.317 e. The van der Waals surface area contributed by atoms with Crippen molar-refractivity contribution in [2.24, 2.45) is 0 Å². The van der Waals surface area contributed by atoms with Gasteiger partial charge in [-0.25, -0.2) is 9.48 Å². The fourth-order valence-corrected chi connectivity index (χ4v) is 4.60. The van der Waals surface area contributed by atoms with E-state index in [0.717, 1.165) is 70.5 Å². The van der Waals surface area contributed by atoms with Crippen LogP contribution in [0.3, 0.4) is 0 Å². The van der Waals surface area contributed by atoms with Gasteiger partial charge in [-0.2, -0.15) is 0 Å². The number of likely N-dealkylation sites (tertiary alicyclic amines) is 2. The second-order valence-electron chi connectivity index (χ2n) is 8.37. The number of urea groups is 1. The minimum Gasteiger partial charge on any atom is -0.392 e. The molecule has 3 heterocycles. The van der Waals surface area contributed by atoms with Crippen molar-refractivity contribution in [3.63, 3.8) is 0 Å². The number of β-amino-alcohol motifs (C(OH)–C–C–N with tert-alkyl or cyclic N) is 1. The SMILES string of the molecule is O=C(NC1CCCCC1)N1CCC(n2cc(CN3CC[C@@H](O)C3)nn2)CC1. The molecule has 2 saturated heterocycles. The van der Waals surface area contributed by atoms with Crippen LogP contribution >= 0.6 is 0 Å². The van der Waals surface area contributed by atoms with Gasteiger partial charge in [0, 0.05) is 38.8 Å². The summed E-state index contributed by atoms with van der Waals surface area (Å²) in [6, 6.07) is 0.785. The second kappa shape index (κ2) is 8.56. The van der Waals surface area contributed by atoms with Crippen molar-refractivity contribution < 1.29 is 9.90 Å². The van der Waals surface area contributed by atoms with E-state index in [1.165, 1.54) is 19.3 Å². The highest BCUT2D eigenvalue weighted by atomic mass is 16.3. The summed E-state index contributed by atoms with van der Waals surface area (Å²) in [5.74, 6) is 0. The molecule has 1 aromatic heterocycles. The zero-order chi connectivity index (χ0) is 18.6. The number of nitrogens with zero attached hydrogens (tertiary/aromatic N) is 5. The Morgan fingerprint density at radius 1 is 1.11 bits per heavy atom. The molecule has 0 spiro atoms. The quantitative estimate of drug-likeness (QED) is 0.832. The molecule has 1 aromatic rings. The summed E-state index contributed by atoms with van der Waals surface area (Å²) in [5.41, 5.74) is 0.960. The summed E-state index contributed by atoms with van der Waals surface area (Å²) in [4.78, 5) is 16.7. The first-order valence-electron chi connectivity index (χ1n) is 10.5. The van der Waals surface area contributed by atoms with E-state index in [0.29, 0.717) is 12.1 Å². The Kier molecular flexibility index (Phi) is 5.92. The summed E-state index contributed by atoms with van der Waals surface area (Å²) in [7, 11) is 0. The number of aromatic nitrogens is 3. The molecule has 150 valence electrons. The number of hydrogen-bond acceptors (Lipinski definition) is 5. The van der Waals surface area contributed by atoms with Gasteiger partial charge in [0.1, 0.15) is 0 Å². The minimum absolute atomic E-state index is 0.104. The van der Waals surface area contributed by atoms with E-state index in [9.17, 15) is 9.90 Å². The Morgan fingerprint density at radius 3 is 2.59 bits per heavy atom. The third kappa shape index (κ3) is 4.79. The van der Waals surface area contributed by atoms with Gasteiger partial charge >= 0.3 is 6.03 Å². The monoisotopic (exact) mass is 376 g/mol. The Bertz CT molecular complexity index is 621. The highest BCUT2D eigenvalue weighted by Gasteiger charge is 2.27. The Hall–Kier alpha value is -1.67. The van der Waals surface area contributed by atoms with Crippen LogP contribution in [0.2, 0.25) is 0 Å². The summed E-state index contributed by atoms with van der Waals surface area (Å²) >= 11 is 0. The van der Waals surface area contributed by atoms with E-state index in [4.69, 9.17) is 0 Å². The largest absolute Gasteiger partial charge is 0.392 e. The third-order valence-corrected chi connectivity index (χ3v) is 6.25. The summed E-state index contributed by atoms with van der Waals surface area (Å²) in [5, 5.41) is 21.5. The molecule has 27 heavy (non-hydrogen) atoms. The van der Waals surface area contributed by atoms with E-state index in [2.05, 4.69) is 20.5 Å². The topological polar surface area (TPSA) is 86.5 Å². The zero-order valence-corrected chi connectivity index (χ0v) is 16.1. The number of hydrogen-bond donors (Lipinski definition) is 2. The first-order valence-corrected chi connectivity index (χ1v) is 10.5. The molecule has 8 nitrogen and oxygen atoms in total. The average Bonchev–Trinajstić information content (AvgIpc) is 3.32. The predicted octanol–water partition coefficient (Wildman–Crippen LogP) is 1.52. The summed E-state index contributed by atoms with van der Waals surface area (Å²) < 4.78 is 1.97. The lowest BCUT2D eigenvalue weighted by Crippen LogP contribution is -2.48. The minimum atomic E-state index is -0.205. The first kappa shape index (κ1) is 18.7. The Morgan fingerprint density at radius 2 is 1.89 bits per heavy atom. The highest BCUT2D eigenvalue weighted by molar-refractivity contribution is 5.74. The molecule has 2 amide bonds. The third-order valence-electron chi connectivity index (χ3n) is 6.25. The lowest BCUT2D eigenvalue weighted by atomic mass is 9.95. The molecule has 1 saturated carbocycles. The molecule has 0 radical (unpaired) electrons. The van der Waals surface area contributed by atoms with Gasteiger partial charge in [-0.15, -0.1) is 5.10 Å². The molecule has 4 rings (SSSR count). The van der Waals surface area contributed by atoms with Crippen LogP contribution < -0.4 is 5.32 Å². The Balaban J connectivity index is 1.23. The maximum atomic E-state index is 12.5. The van der Waals surface area contributed by atoms with Crippen molar-refractivity contribution in [1.82, 2.24) is 30.1 Å². The molecule has 3 fully saturated rings. The van der Waals surface area contributed by atoms with Gasteiger partial charge in [0.2, 0.25) is 0 Å². The van der Waals surface area contributed by atoms with Crippen LogP contribution in [0.25, 0.3) is 0 Å². The maximum absolute atomic E-state index is 12.5. The van der Waals surface area contributed by atoms with Crippen molar-refractivity contribution in [3.05, 3.63) is 11.9 Å². The molecule has 3 aliphatic rings. The second-order valence-corrected chi connectivity index (χ2v) is 8.37. The number of aliphatic hydroxyl groups excluding tert-OH is 1. The van der Waals surface area contributed by atoms with Crippen LogP contribution in [0.4, 0.5) is 4.79 Å². The van der Waals surface area contributed by atoms with Crippen LogP contribution in [0.5, 0.6) is 0 Å². The molecule has 2 aliphatic heterocycles. The van der Waals surface area contributed by atoms with E-state index in [-0.39, 0.29) is 12.1 Å². The average molecular weight is 377 g/mol. The molecular formula is C19H32N6O2. The normalized spacial score (nSPS) is 25.8. The van der Waals surface area contributed by atoms with Gasteiger partial charge < -0.3 is 15.3 Å². The fraction of sp³-hybridized carbons (Fsp3) is 0.842. The number of carbonyl (C=O) groups is 1. The van der Waals surface area contributed by atoms with Crippen LogP contribution in [-0.4, -0.2) is 74.3 Å². The number of aliphatic hydroxyl groups is 1. The number of amides is 2. The van der Waals surface area contributed by atoms with E-state index < -0.39 is 0 Å². The van der Waals surface area contributed by atoms with E-state index in [1.54, 1.807) is 0 Å². The molecule has 0 aromatic carbocycles. The predicted molar refractivity (Wildman–Crippen MR) is 101 cm³/mol. The Labute approximate surface area is 160 Å². The molecular weight excluding hydrogens is 344 g/mol. The lowest BCUT2D eigenvalue weighted by Gasteiger charge is -2.33. The standard InChI is InChI=1S/C19H32N6O2/c26-18-8-9-23(14-18)12-16-13-25(22-21-16)17-6-10-24(11-7-17)19(27)20-15-4-2-1-3-5-15/h13,15,17-18,26H,1-12,14H2,(H,20,27)/t18-/m1/s1. The number of rotatable bonds is 4. The van der Waals surface area contributed by atoms with Gasteiger partial charge in [-0.3, -0.25) is 4.90 Å². The van der Waals surface area contributed by atoms with Crippen molar-refractivity contribution in [3.8, 4) is 0 Å². The van der Waals surface area contributed by atoms with Crippen molar-refractivity contribution in [2.45, 2.75) is 76.1 Å². The van der Waals surface area contributed by atoms with Crippen molar-refractivity contribution in [2.75, 3.05) is 26.2 Å². The molecule has 1 atom stereocenters. The van der Waals surface area contributed by atoms with Crippen molar-refractivity contribution >= 4 is 6.03 Å². The number of nitrogens with one attached hydrogen (secondary N) is 1. The fourth-order valence-electron chi connectivity index (χ4n) is 4.60. The smallest absolute Gasteiger partial charge is 0.317 e. The summed E-state index contributed by atoms with van der Waals surface area (Å²) in [6.45, 7) is 3.94. The van der Waals surface area contributed by atoms with Crippen LogP contribution in [0.15, 0.2) is 6.20 Å². The van der Waals surface area contributed by atoms with E-state index in [1.807, 2.05) is 15.8 Å². The van der Waals surface area contributed by atoms with Crippen molar-refractivity contribution in [1.29, 1.82) is 0 Å². The zero-order valence-electron chi connectivity index (χ0n) is 16.1. The van der Waals surface area contributed by atoms with Crippen LogP contribution in [-0.2, 0) is 6.54 Å². The summed E-state index contributed by atoms with van der Waals surface area (Å²) in [6.07, 6.45) is 10.5. The molecule has 2 N–H and O–H groups in total. The molecule has 0 bridgehead atoms. The lowest BCUT2D eigenvalue weighted by molar-refractivity contribution is 0.162. The van der Waals surface area contributed by atoms with Crippen LogP contribution in [0.1, 0.15) is 63.1 Å². The van der Waals surface area contributed by atoms with Gasteiger partial charge in [0.05, 0.1) is 24.0 Å². The molecule has 8 heteroatoms. The van der Waals surface area contributed by atoms with Crippen LogP contribution in [0, 0.1) is 0 Å². The van der Waals surface area contributed by atoms with Gasteiger partial charge in [-0.05, 0) is 32.1 Å². The highest BCUT2D eigenvalue weighted by Crippen LogP contribution is 2.23. The van der Waals surface area contributed by atoms with Gasteiger partial charge in [0.25, 0.3) is 0 Å². The van der Waals surface area contributed by atoms with Gasteiger partial charge in [0.15, 0.2) is 0 Å². The van der Waals surface area contributed by atoms with E-state index >= 15 is 0 Å². The first-order chi connectivity index (χ1) is 13.2. The molecule has 1 aliphatic carbocycles. The number of carbonyl (C=O) groups excluding carboxylic acids is 1.